The quantitative estimate of drug-likeness (QED) is 0.689. The lowest BCUT2D eigenvalue weighted by atomic mass is 9.70. The summed E-state index contributed by atoms with van der Waals surface area (Å²) in [7, 11) is 0. The number of rotatable bonds is 3. The van der Waals surface area contributed by atoms with Crippen molar-refractivity contribution in [3.05, 3.63) is 39.4 Å². The van der Waals surface area contributed by atoms with Gasteiger partial charge in [0.25, 0.3) is 5.56 Å². The van der Waals surface area contributed by atoms with Gasteiger partial charge >= 0.3 is 0 Å². The van der Waals surface area contributed by atoms with Crippen LogP contribution >= 0.6 is 11.3 Å². The van der Waals surface area contributed by atoms with E-state index in [0.717, 1.165) is 41.6 Å². The van der Waals surface area contributed by atoms with Crippen molar-refractivity contribution in [2.45, 2.75) is 65.7 Å². The Morgan fingerprint density at radius 1 is 1.26 bits per heavy atom. The third kappa shape index (κ3) is 3.35. The molecular weight excluding hydrogens is 356 g/mol. The molecule has 1 aliphatic carbocycles. The van der Waals surface area contributed by atoms with Crippen molar-refractivity contribution >= 4 is 16.9 Å². The summed E-state index contributed by atoms with van der Waals surface area (Å²) in [6.45, 7) is 9.07. The lowest BCUT2D eigenvalue weighted by Crippen LogP contribution is -2.26. The Bertz CT molecular complexity index is 986. The van der Waals surface area contributed by atoms with E-state index in [1.165, 1.54) is 12.8 Å². The van der Waals surface area contributed by atoms with Crippen LogP contribution in [0, 0.1) is 11.3 Å². The van der Waals surface area contributed by atoms with Gasteiger partial charge in [0.05, 0.1) is 10.6 Å². The first-order valence-corrected chi connectivity index (χ1v) is 10.8. The van der Waals surface area contributed by atoms with Crippen molar-refractivity contribution in [1.82, 2.24) is 19.6 Å². The summed E-state index contributed by atoms with van der Waals surface area (Å²) in [4.78, 5) is 21.6. The molecule has 0 amide bonds. The molecule has 3 aromatic rings. The molecule has 1 N–H and O–H groups in total. The van der Waals surface area contributed by atoms with Crippen LogP contribution in [0.1, 0.15) is 70.8 Å². The van der Waals surface area contributed by atoms with Crippen molar-refractivity contribution in [2.75, 3.05) is 0 Å². The number of imidazole rings is 1. The van der Waals surface area contributed by atoms with Gasteiger partial charge in [-0.1, -0.05) is 33.8 Å². The summed E-state index contributed by atoms with van der Waals surface area (Å²) in [5.74, 6) is 2.73. The summed E-state index contributed by atoms with van der Waals surface area (Å²) in [6.07, 6.45) is 5.40. The molecule has 3 aromatic heterocycles. The molecule has 5 nitrogen and oxygen atoms in total. The van der Waals surface area contributed by atoms with Crippen LogP contribution in [0.3, 0.4) is 0 Å². The smallest absolute Gasteiger partial charge is 0.277 e. The number of aromatic nitrogens is 4. The topological polar surface area (TPSA) is 63.1 Å². The van der Waals surface area contributed by atoms with Crippen LogP contribution in [-0.4, -0.2) is 19.6 Å². The van der Waals surface area contributed by atoms with Gasteiger partial charge in [-0.2, -0.15) is 0 Å². The lowest BCUT2D eigenvalue weighted by molar-refractivity contribution is 0.167. The van der Waals surface area contributed by atoms with Crippen LogP contribution in [0.15, 0.2) is 22.3 Å². The lowest BCUT2D eigenvalue weighted by Gasteiger charge is -2.36. The molecule has 1 saturated carbocycles. The molecular formula is C21H28N4OS. The van der Waals surface area contributed by atoms with Gasteiger partial charge in [-0.05, 0) is 54.9 Å². The molecule has 0 unspecified atom stereocenters. The van der Waals surface area contributed by atoms with Crippen LogP contribution < -0.4 is 5.56 Å². The number of hydrogen-bond acceptors (Lipinski definition) is 4. The van der Waals surface area contributed by atoms with Gasteiger partial charge in [-0.25, -0.2) is 9.50 Å². The zero-order valence-corrected chi connectivity index (χ0v) is 17.4. The number of nitrogens with one attached hydrogen (secondary N) is 1. The maximum Gasteiger partial charge on any atom is 0.277 e. The minimum atomic E-state index is -0.0904. The number of aryl methyl sites for hydroxylation is 1. The Kier molecular flexibility index (Phi) is 4.70. The summed E-state index contributed by atoms with van der Waals surface area (Å²) >= 11 is 1.58. The second-order valence-electron chi connectivity index (χ2n) is 8.73. The minimum Gasteiger partial charge on any atom is -0.303 e. The molecule has 3 heterocycles. The van der Waals surface area contributed by atoms with Gasteiger partial charge in [0.15, 0.2) is 11.3 Å². The summed E-state index contributed by atoms with van der Waals surface area (Å²) in [6, 6.07) is 3.96. The highest BCUT2D eigenvalue weighted by Gasteiger charge is 2.32. The minimum absolute atomic E-state index is 0.0904. The van der Waals surface area contributed by atoms with Crippen LogP contribution in [0.5, 0.6) is 0 Å². The molecule has 144 valence electrons. The van der Waals surface area contributed by atoms with Gasteiger partial charge in [0.2, 0.25) is 0 Å². The van der Waals surface area contributed by atoms with Gasteiger partial charge in [-0.15, -0.1) is 16.4 Å². The molecule has 0 bridgehead atoms. The summed E-state index contributed by atoms with van der Waals surface area (Å²) < 4.78 is 1.84. The zero-order chi connectivity index (χ0) is 19.2. The van der Waals surface area contributed by atoms with Crippen molar-refractivity contribution in [1.29, 1.82) is 0 Å². The van der Waals surface area contributed by atoms with E-state index in [9.17, 15) is 4.79 Å². The second kappa shape index (κ2) is 6.89. The first-order valence-electron chi connectivity index (χ1n) is 9.94. The van der Waals surface area contributed by atoms with E-state index in [1.54, 1.807) is 11.3 Å². The molecule has 0 spiro atoms. The first kappa shape index (κ1) is 18.4. The van der Waals surface area contributed by atoms with Crippen LogP contribution in [0.25, 0.3) is 16.2 Å². The van der Waals surface area contributed by atoms with E-state index < -0.39 is 0 Å². The number of fused-ring (bicyclic) bond motifs is 1. The molecule has 1 aliphatic rings. The highest BCUT2D eigenvalue weighted by Crippen LogP contribution is 2.43. The summed E-state index contributed by atoms with van der Waals surface area (Å²) in [5.41, 5.74) is 1.74. The normalized spacial score (nSPS) is 21.0. The predicted octanol–water partition coefficient (Wildman–Crippen LogP) is 5.03. The van der Waals surface area contributed by atoms with Crippen molar-refractivity contribution in [3.63, 3.8) is 0 Å². The van der Waals surface area contributed by atoms with E-state index in [1.807, 2.05) is 22.0 Å². The van der Waals surface area contributed by atoms with Crippen LogP contribution in [0.2, 0.25) is 0 Å². The van der Waals surface area contributed by atoms with Gasteiger partial charge in [0, 0.05) is 5.92 Å². The Morgan fingerprint density at radius 3 is 2.59 bits per heavy atom. The number of H-pyrrole nitrogens is 1. The SMILES string of the molecule is CCc1nc(C2CCC(C(C)(C)C)CC2)n2nc(-c3cccs3)[nH]c(=O)c12. The fourth-order valence-corrected chi connectivity index (χ4v) is 5.01. The highest BCUT2D eigenvalue weighted by molar-refractivity contribution is 7.13. The van der Waals surface area contributed by atoms with Crippen molar-refractivity contribution in [3.8, 4) is 10.7 Å². The highest BCUT2D eigenvalue weighted by atomic mass is 32.1. The molecule has 0 atom stereocenters. The average molecular weight is 385 g/mol. The van der Waals surface area contributed by atoms with Gasteiger partial charge < -0.3 is 4.98 Å². The maximum atomic E-state index is 12.8. The molecule has 27 heavy (non-hydrogen) atoms. The molecule has 0 radical (unpaired) electrons. The van der Waals surface area contributed by atoms with Crippen LogP contribution in [0.4, 0.5) is 0 Å². The number of aromatic amines is 1. The molecule has 0 aromatic carbocycles. The molecule has 0 saturated heterocycles. The Morgan fingerprint density at radius 2 is 2.00 bits per heavy atom. The third-order valence-electron chi connectivity index (χ3n) is 6.01. The molecule has 1 fully saturated rings. The molecule has 4 rings (SSSR count). The zero-order valence-electron chi connectivity index (χ0n) is 16.6. The van der Waals surface area contributed by atoms with E-state index >= 15 is 0 Å². The van der Waals surface area contributed by atoms with Crippen molar-refractivity contribution < 1.29 is 0 Å². The van der Waals surface area contributed by atoms with E-state index in [4.69, 9.17) is 10.1 Å². The Labute approximate surface area is 163 Å². The number of thiophene rings is 1. The predicted molar refractivity (Wildman–Crippen MR) is 110 cm³/mol. The first-order chi connectivity index (χ1) is 12.9. The number of hydrogen-bond donors (Lipinski definition) is 1. The number of nitrogens with zero attached hydrogens (tertiary/aromatic N) is 3. The monoisotopic (exact) mass is 384 g/mol. The molecule has 6 heteroatoms. The Balaban J connectivity index is 1.76. The van der Waals surface area contributed by atoms with E-state index in [0.29, 0.717) is 22.7 Å². The van der Waals surface area contributed by atoms with Crippen molar-refractivity contribution in [2.24, 2.45) is 11.3 Å². The third-order valence-corrected chi connectivity index (χ3v) is 6.88. The standard InChI is InChI=1S/C21H28N4OS/c1-5-15-17-20(26)23-18(16-7-6-12-27-16)24-25(17)19(22-15)13-8-10-14(11-9-13)21(2,3)4/h6-7,12-14H,5,8-11H2,1-4H3,(H,23,24,26). The molecule has 0 aliphatic heterocycles. The van der Waals surface area contributed by atoms with Gasteiger partial charge in [0.1, 0.15) is 5.82 Å². The Hall–Kier alpha value is -1.95. The second-order valence-corrected chi connectivity index (χ2v) is 9.67. The largest absolute Gasteiger partial charge is 0.303 e. The maximum absolute atomic E-state index is 12.8. The summed E-state index contributed by atoms with van der Waals surface area (Å²) in [5, 5.41) is 6.80. The average Bonchev–Trinajstić information content (AvgIpc) is 3.29. The van der Waals surface area contributed by atoms with E-state index in [-0.39, 0.29) is 5.56 Å². The fourth-order valence-electron chi connectivity index (χ4n) is 4.35. The van der Waals surface area contributed by atoms with E-state index in [2.05, 4.69) is 32.7 Å². The van der Waals surface area contributed by atoms with Gasteiger partial charge in [-0.3, -0.25) is 4.79 Å². The fraction of sp³-hybridized carbons (Fsp3) is 0.571. The van der Waals surface area contributed by atoms with Crippen LogP contribution in [-0.2, 0) is 6.42 Å².